The number of amides is 1. The standard InChI is InChI=1S/C17H22ClNO5/c1-3-24-15-12(5-4-6-13(15)18)9-14(20)19-8-7-17(10-19,11-23-2)16(21)22/h4-6H,3,7-11H2,1-2H3,(H,21,22). The number of carbonyl (C=O) groups is 2. The summed E-state index contributed by atoms with van der Waals surface area (Å²) in [5, 5.41) is 9.94. The number of hydrogen-bond acceptors (Lipinski definition) is 4. The van der Waals surface area contributed by atoms with Crippen molar-refractivity contribution in [3.8, 4) is 5.75 Å². The van der Waals surface area contributed by atoms with Crippen LogP contribution in [-0.4, -0.2) is 55.3 Å². The van der Waals surface area contributed by atoms with Gasteiger partial charge in [0.05, 0.1) is 24.7 Å². The first-order valence-electron chi connectivity index (χ1n) is 7.84. The quantitative estimate of drug-likeness (QED) is 0.811. The fraction of sp³-hybridized carbons (Fsp3) is 0.529. The van der Waals surface area contributed by atoms with Gasteiger partial charge in [-0.2, -0.15) is 0 Å². The summed E-state index contributed by atoms with van der Waals surface area (Å²) < 4.78 is 10.6. The maximum atomic E-state index is 12.6. The number of aliphatic carboxylic acids is 1. The lowest BCUT2D eigenvalue weighted by Gasteiger charge is -2.24. The highest BCUT2D eigenvalue weighted by molar-refractivity contribution is 6.32. The van der Waals surface area contributed by atoms with Crippen LogP contribution in [0.2, 0.25) is 5.02 Å². The number of methoxy groups -OCH3 is 1. The predicted molar refractivity (Wildman–Crippen MR) is 89.5 cm³/mol. The van der Waals surface area contributed by atoms with Gasteiger partial charge in [-0.1, -0.05) is 23.7 Å². The Morgan fingerprint density at radius 1 is 1.42 bits per heavy atom. The third kappa shape index (κ3) is 3.82. The highest BCUT2D eigenvalue weighted by Crippen LogP contribution is 2.33. The molecule has 1 atom stereocenters. The maximum absolute atomic E-state index is 12.6. The number of likely N-dealkylation sites (tertiary alicyclic amines) is 1. The molecular formula is C17H22ClNO5. The maximum Gasteiger partial charge on any atom is 0.313 e. The molecular weight excluding hydrogens is 334 g/mol. The van der Waals surface area contributed by atoms with Gasteiger partial charge in [-0.05, 0) is 19.4 Å². The first-order valence-corrected chi connectivity index (χ1v) is 8.21. The van der Waals surface area contributed by atoms with Crippen molar-refractivity contribution in [2.45, 2.75) is 19.8 Å². The van der Waals surface area contributed by atoms with Crippen LogP contribution in [0.5, 0.6) is 5.75 Å². The van der Waals surface area contributed by atoms with Crippen molar-refractivity contribution < 1.29 is 24.2 Å². The van der Waals surface area contributed by atoms with Gasteiger partial charge in [-0.25, -0.2) is 0 Å². The van der Waals surface area contributed by atoms with E-state index in [0.29, 0.717) is 35.9 Å². The van der Waals surface area contributed by atoms with Crippen LogP contribution in [0.3, 0.4) is 0 Å². The molecule has 0 saturated carbocycles. The van der Waals surface area contributed by atoms with Crippen molar-refractivity contribution in [1.82, 2.24) is 4.90 Å². The second-order valence-electron chi connectivity index (χ2n) is 5.92. The third-order valence-corrected chi connectivity index (χ3v) is 4.56. The summed E-state index contributed by atoms with van der Waals surface area (Å²) in [7, 11) is 1.47. The Kier molecular flexibility index (Phi) is 6.07. The number of hydrogen-bond donors (Lipinski definition) is 1. The molecule has 0 bridgehead atoms. The Labute approximate surface area is 146 Å². The van der Waals surface area contributed by atoms with E-state index in [1.165, 1.54) is 7.11 Å². The molecule has 1 amide bonds. The Morgan fingerprint density at radius 3 is 2.79 bits per heavy atom. The molecule has 1 aliphatic rings. The Bertz CT molecular complexity index is 621. The zero-order valence-corrected chi connectivity index (χ0v) is 14.6. The number of ether oxygens (including phenoxy) is 2. The minimum Gasteiger partial charge on any atom is -0.492 e. The van der Waals surface area contributed by atoms with Crippen LogP contribution >= 0.6 is 11.6 Å². The van der Waals surface area contributed by atoms with Gasteiger partial charge >= 0.3 is 5.97 Å². The Hall–Kier alpha value is -1.79. The fourth-order valence-corrected chi connectivity index (χ4v) is 3.24. The Morgan fingerprint density at radius 2 is 2.17 bits per heavy atom. The summed E-state index contributed by atoms with van der Waals surface area (Å²) in [5.41, 5.74) is -0.324. The minimum absolute atomic E-state index is 0.0907. The molecule has 132 valence electrons. The predicted octanol–water partition coefficient (Wildman–Crippen LogP) is 2.23. The summed E-state index contributed by atoms with van der Waals surface area (Å²) in [6, 6.07) is 5.28. The molecule has 1 N–H and O–H groups in total. The minimum atomic E-state index is -1.03. The number of halogens is 1. The number of carbonyl (C=O) groups excluding carboxylic acids is 1. The molecule has 0 radical (unpaired) electrons. The molecule has 2 rings (SSSR count). The zero-order valence-electron chi connectivity index (χ0n) is 13.9. The summed E-state index contributed by atoms with van der Waals surface area (Å²) >= 11 is 6.14. The molecule has 24 heavy (non-hydrogen) atoms. The molecule has 0 aliphatic carbocycles. The topological polar surface area (TPSA) is 76.1 Å². The van der Waals surface area contributed by atoms with Crippen molar-refractivity contribution >= 4 is 23.5 Å². The lowest BCUT2D eigenvalue weighted by molar-refractivity contribution is -0.151. The lowest BCUT2D eigenvalue weighted by Crippen LogP contribution is -2.40. The van der Waals surface area contributed by atoms with E-state index in [1.807, 2.05) is 6.92 Å². The van der Waals surface area contributed by atoms with E-state index in [4.69, 9.17) is 21.1 Å². The highest BCUT2D eigenvalue weighted by atomic mass is 35.5. The molecule has 0 spiro atoms. The van der Waals surface area contributed by atoms with Crippen molar-refractivity contribution in [3.05, 3.63) is 28.8 Å². The number of para-hydroxylation sites is 1. The first-order chi connectivity index (χ1) is 11.4. The van der Waals surface area contributed by atoms with E-state index in [2.05, 4.69) is 0 Å². The molecule has 1 aliphatic heterocycles. The number of carboxylic acid groups (broad SMARTS) is 1. The van der Waals surface area contributed by atoms with Crippen LogP contribution in [0.4, 0.5) is 0 Å². The number of benzene rings is 1. The summed E-state index contributed by atoms with van der Waals surface area (Å²) in [6.45, 7) is 2.94. The van der Waals surface area contributed by atoms with E-state index in [0.717, 1.165) is 0 Å². The van der Waals surface area contributed by atoms with Gasteiger partial charge in [0.25, 0.3) is 0 Å². The van der Waals surface area contributed by atoms with Crippen molar-refractivity contribution in [1.29, 1.82) is 0 Å². The van der Waals surface area contributed by atoms with Crippen LogP contribution in [0.15, 0.2) is 18.2 Å². The van der Waals surface area contributed by atoms with Crippen molar-refractivity contribution in [2.24, 2.45) is 5.41 Å². The van der Waals surface area contributed by atoms with Crippen molar-refractivity contribution in [3.63, 3.8) is 0 Å². The highest BCUT2D eigenvalue weighted by Gasteiger charge is 2.46. The second-order valence-corrected chi connectivity index (χ2v) is 6.33. The zero-order chi connectivity index (χ0) is 17.7. The molecule has 1 aromatic rings. The molecule has 6 nitrogen and oxygen atoms in total. The van der Waals surface area contributed by atoms with E-state index in [-0.39, 0.29) is 25.5 Å². The molecule has 0 aromatic heterocycles. The fourth-order valence-electron chi connectivity index (χ4n) is 2.99. The largest absolute Gasteiger partial charge is 0.492 e. The number of nitrogens with zero attached hydrogens (tertiary/aromatic N) is 1. The molecule has 1 fully saturated rings. The van der Waals surface area contributed by atoms with Gasteiger partial charge in [0.2, 0.25) is 5.91 Å². The summed E-state index contributed by atoms with van der Waals surface area (Å²) in [4.78, 5) is 25.7. The Balaban J connectivity index is 2.12. The first kappa shape index (κ1) is 18.5. The molecule has 7 heteroatoms. The molecule has 1 heterocycles. The number of carboxylic acids is 1. The second kappa shape index (κ2) is 7.85. The average molecular weight is 356 g/mol. The third-order valence-electron chi connectivity index (χ3n) is 4.26. The van der Waals surface area contributed by atoms with E-state index in [1.54, 1.807) is 23.1 Å². The molecule has 1 saturated heterocycles. The van der Waals surface area contributed by atoms with Crippen LogP contribution in [0.1, 0.15) is 18.9 Å². The van der Waals surface area contributed by atoms with Crippen molar-refractivity contribution in [2.75, 3.05) is 33.4 Å². The van der Waals surface area contributed by atoms with Gasteiger partial charge in [0.1, 0.15) is 11.2 Å². The smallest absolute Gasteiger partial charge is 0.313 e. The summed E-state index contributed by atoms with van der Waals surface area (Å²) in [5.74, 6) is -0.564. The lowest BCUT2D eigenvalue weighted by atomic mass is 9.88. The van der Waals surface area contributed by atoms with Crippen LogP contribution < -0.4 is 4.74 Å². The number of rotatable bonds is 7. The van der Waals surface area contributed by atoms with Gasteiger partial charge in [0, 0.05) is 25.8 Å². The van der Waals surface area contributed by atoms with Crippen LogP contribution in [0, 0.1) is 5.41 Å². The van der Waals surface area contributed by atoms with E-state index < -0.39 is 11.4 Å². The van der Waals surface area contributed by atoms with E-state index >= 15 is 0 Å². The normalized spacial score (nSPS) is 20.2. The van der Waals surface area contributed by atoms with Gasteiger partial charge in [-0.3, -0.25) is 9.59 Å². The molecule has 1 unspecified atom stereocenters. The van der Waals surface area contributed by atoms with Crippen LogP contribution in [-0.2, 0) is 20.7 Å². The van der Waals surface area contributed by atoms with Gasteiger partial charge in [0.15, 0.2) is 0 Å². The monoisotopic (exact) mass is 355 g/mol. The average Bonchev–Trinajstić information content (AvgIpc) is 2.97. The van der Waals surface area contributed by atoms with Gasteiger partial charge in [-0.15, -0.1) is 0 Å². The molecule has 1 aromatic carbocycles. The van der Waals surface area contributed by atoms with E-state index in [9.17, 15) is 14.7 Å². The summed E-state index contributed by atoms with van der Waals surface area (Å²) in [6.07, 6.45) is 0.508. The van der Waals surface area contributed by atoms with Crippen LogP contribution in [0.25, 0.3) is 0 Å². The SMILES string of the molecule is CCOc1c(Cl)cccc1CC(=O)N1CCC(COC)(C(=O)O)C1. The van der Waals surface area contributed by atoms with Gasteiger partial charge < -0.3 is 19.5 Å².